The lowest BCUT2D eigenvalue weighted by Gasteiger charge is -2.09. The summed E-state index contributed by atoms with van der Waals surface area (Å²) in [6.45, 7) is 0. The minimum atomic E-state index is -2.03. The number of nitriles is 10. The molecule has 0 saturated carbocycles. The second-order valence-electron chi connectivity index (χ2n) is 8.73. The highest BCUT2D eigenvalue weighted by Crippen LogP contribution is 2.31. The molecule has 51 heavy (non-hydrogen) atoms. The van der Waals surface area contributed by atoms with Crippen molar-refractivity contribution < 1.29 is 20.4 Å². The van der Waals surface area contributed by atoms with Gasteiger partial charge in [0.2, 0.25) is 0 Å². The van der Waals surface area contributed by atoms with Gasteiger partial charge in [0.25, 0.3) is 0 Å². The van der Waals surface area contributed by atoms with Gasteiger partial charge in [-0.2, -0.15) is 52.6 Å². The van der Waals surface area contributed by atoms with Crippen LogP contribution >= 0.6 is 0 Å². The van der Waals surface area contributed by atoms with Gasteiger partial charge in [0.05, 0.1) is 10.4 Å². The van der Waals surface area contributed by atoms with Crippen molar-refractivity contribution in [2.24, 2.45) is 0 Å². The summed E-state index contributed by atoms with van der Waals surface area (Å²) < 4.78 is 54.5. The molecule has 0 aliphatic carbocycles. The molecule has 3 heterocycles. The highest BCUT2D eigenvalue weighted by atomic mass is 19.2. The van der Waals surface area contributed by atoms with Crippen LogP contribution in [0.15, 0.2) is 0 Å². The predicted molar refractivity (Wildman–Crippen MR) is 160 cm³/mol. The zero-order valence-corrected chi connectivity index (χ0v) is 23.7. The van der Waals surface area contributed by atoms with Crippen molar-refractivity contribution in [2.45, 2.75) is 7.43 Å². The maximum Gasteiger partial charge on any atom is 0.177 e. The second kappa shape index (κ2) is 14.5. The first-order chi connectivity index (χ1) is 24.0. The lowest BCUT2D eigenvalue weighted by atomic mass is 10.1. The second-order valence-corrected chi connectivity index (χ2v) is 8.73. The Morgan fingerprint density at radius 3 is 0.647 bits per heavy atom. The number of hydrogen-bond acceptors (Lipinski definition) is 16. The predicted octanol–water partition coefficient (Wildman–Crippen LogP) is 2.51. The molecule has 3 aromatic heterocycles. The highest BCUT2D eigenvalue weighted by molar-refractivity contribution is 6.18. The molecule has 2 aromatic carbocycles. The molecule has 0 amide bonds. The van der Waals surface area contributed by atoms with E-state index in [1.807, 2.05) is 0 Å². The lowest BCUT2D eigenvalue weighted by Crippen LogP contribution is -2.31. The zero-order chi connectivity index (χ0) is 36.9. The molecular weight excluding hydrogens is 672 g/mol. The summed E-state index contributed by atoms with van der Waals surface area (Å²) in [5.41, 5.74) is -4.27. The molecule has 5 rings (SSSR count). The molecule has 0 atom stereocenters. The lowest BCUT2D eigenvalue weighted by molar-refractivity contribution is 0.434. The van der Waals surface area contributed by atoms with Crippen molar-refractivity contribution in [2.75, 3.05) is 0 Å². The summed E-state index contributed by atoms with van der Waals surface area (Å²) in [6, 6.07) is 14.8. The minimum Gasteiger partial charge on any atom is -0.230 e. The first-order valence-corrected chi connectivity index (χ1v) is 12.4. The number of rotatable bonds is 0. The molecule has 240 valence electrons. The highest BCUT2D eigenvalue weighted by Gasteiger charge is 2.24. The minimum absolute atomic E-state index is 0. The van der Waals surface area contributed by atoms with Crippen LogP contribution in [0.2, 0.25) is 0 Å². The van der Waals surface area contributed by atoms with E-state index < -0.39 is 44.9 Å². The van der Waals surface area contributed by atoms with Crippen LogP contribution in [-0.4, -0.2) is 29.9 Å². The normalized spacial score (nSPS) is 9.22. The molecule has 0 bridgehead atoms. The molecule has 16 nitrogen and oxygen atoms in total. The van der Waals surface area contributed by atoms with E-state index in [4.69, 9.17) is 21.0 Å². The SMILES string of the molecule is C.N#CC(C#N)=c1c(F)c(F)c(=C(C#N)C#N)c(F)c1F.N#Cc1nc2c3nc(C#N)c(C#N)nc3c3nc(C#N)c(C#N)nc3c2nc1C#N.[2HH].[HH]. The first-order valence-electron chi connectivity index (χ1n) is 12.4. The average Bonchev–Trinajstić information content (AvgIpc) is 3.15. The van der Waals surface area contributed by atoms with Crippen molar-refractivity contribution in [1.82, 2.24) is 29.9 Å². The van der Waals surface area contributed by atoms with E-state index in [0.717, 1.165) is 24.3 Å². The van der Waals surface area contributed by atoms with E-state index in [-0.39, 0.29) is 77.5 Å². The van der Waals surface area contributed by atoms with E-state index in [2.05, 4.69) is 29.9 Å². The summed E-state index contributed by atoms with van der Waals surface area (Å²) in [7, 11) is 0. The Labute approximate surface area is 283 Å². The standard InChI is InChI=1S/C18N12.C12F4N4.CH4.2H2/c19-1-7-8(2-20)26-14-13(25-7)15-17(29-10(4-22)9(3-21)27-15)18-16(14)28-11(5-23)12(6-24)30-18;13-9-7(5(1-17)2-18)10(14)12(16)8(11(9)15)6(3-19)4-20;;;/h;;1H4;2*1H/i;;;1+1;. The molecule has 0 saturated heterocycles. The van der Waals surface area contributed by atoms with Crippen LogP contribution in [0.25, 0.3) is 44.2 Å². The summed E-state index contributed by atoms with van der Waals surface area (Å²) >= 11 is 0. The van der Waals surface area contributed by atoms with Crippen LogP contribution in [0, 0.1) is 137 Å². The number of nitrogens with zero attached hydrogens (tertiary/aromatic N) is 16. The van der Waals surface area contributed by atoms with Gasteiger partial charge in [-0.25, -0.2) is 47.5 Å². The molecule has 0 N–H and O–H groups in total. The quantitative estimate of drug-likeness (QED) is 0.129. The van der Waals surface area contributed by atoms with E-state index in [9.17, 15) is 49.1 Å². The van der Waals surface area contributed by atoms with Crippen LogP contribution < -0.4 is 10.4 Å². The molecule has 0 unspecified atom stereocenters. The molecule has 0 radical (unpaired) electrons. The Bertz CT molecular complexity index is 2500. The summed E-state index contributed by atoms with van der Waals surface area (Å²) in [6.07, 6.45) is 0. The first kappa shape index (κ1) is 36.3. The van der Waals surface area contributed by atoms with Crippen LogP contribution in [0.5, 0.6) is 0 Å². The Balaban J connectivity index is 0.000000541. The van der Waals surface area contributed by atoms with Gasteiger partial charge in [-0.1, -0.05) is 7.43 Å². The summed E-state index contributed by atoms with van der Waals surface area (Å²) in [5.74, 6) is -8.11. The number of fused-ring (bicyclic) bond motifs is 6. The van der Waals surface area contributed by atoms with Crippen molar-refractivity contribution in [1.29, 1.82) is 52.6 Å². The number of benzene rings is 2. The van der Waals surface area contributed by atoms with Crippen molar-refractivity contribution >= 4 is 44.2 Å². The van der Waals surface area contributed by atoms with Crippen molar-refractivity contribution in [3.8, 4) is 60.7 Å². The maximum atomic E-state index is 13.6. The van der Waals surface area contributed by atoms with Gasteiger partial charge in [0, 0.05) is 2.85 Å². The summed E-state index contributed by atoms with van der Waals surface area (Å²) in [4.78, 5) is 24.7. The van der Waals surface area contributed by atoms with Gasteiger partial charge in [-0.3, -0.25) is 0 Å². The van der Waals surface area contributed by atoms with E-state index >= 15 is 0 Å². The van der Waals surface area contributed by atoms with Crippen LogP contribution in [0.1, 0.15) is 44.4 Å². The fraction of sp³-hybridized carbons (Fsp3) is 0.0323. The van der Waals surface area contributed by atoms with E-state index in [1.165, 1.54) is 0 Å². The van der Waals surface area contributed by atoms with Crippen molar-refractivity contribution in [3.63, 3.8) is 0 Å². The van der Waals surface area contributed by atoms with Gasteiger partial charge >= 0.3 is 0 Å². The van der Waals surface area contributed by atoms with E-state index in [0.29, 0.717) is 0 Å². The fourth-order valence-electron chi connectivity index (χ4n) is 4.11. The number of aromatic nitrogens is 6. The molecule has 5 aromatic rings. The third-order valence-corrected chi connectivity index (χ3v) is 6.21. The monoisotopic (exact) mass is 681 g/mol. The van der Waals surface area contributed by atoms with Gasteiger partial charge in [0.1, 0.15) is 105 Å². The zero-order valence-electron chi connectivity index (χ0n) is 23.7. The van der Waals surface area contributed by atoms with Crippen molar-refractivity contribution in [3.05, 3.63) is 67.9 Å². The number of hydrogen-bond donors (Lipinski definition) is 0. The molecule has 0 spiro atoms. The van der Waals surface area contributed by atoms with E-state index in [1.54, 1.807) is 36.4 Å². The molecule has 0 aliphatic heterocycles. The van der Waals surface area contributed by atoms with Gasteiger partial charge < -0.3 is 0 Å². The topological polar surface area (TPSA) is 315 Å². The van der Waals surface area contributed by atoms with Gasteiger partial charge in [-0.15, -0.1) is 0 Å². The third kappa shape index (κ3) is 5.82. The largest absolute Gasteiger partial charge is 0.230 e. The molecule has 0 fully saturated rings. The van der Waals surface area contributed by atoms with Crippen LogP contribution in [-0.2, 0) is 0 Å². The fourth-order valence-corrected chi connectivity index (χ4v) is 4.11. The van der Waals surface area contributed by atoms with Gasteiger partial charge in [0.15, 0.2) is 57.4 Å². The molecule has 0 aliphatic rings. The average molecular weight is 682 g/mol. The number of halogens is 4. The summed E-state index contributed by atoms with van der Waals surface area (Å²) in [5, 5.41) is 86.7. The van der Waals surface area contributed by atoms with Gasteiger partial charge in [-0.05, 0) is 0 Å². The molecule has 20 heteroatoms. The molecular formula is C31H8F4N16. The third-order valence-electron chi connectivity index (χ3n) is 6.21. The Morgan fingerprint density at radius 2 is 0.529 bits per heavy atom. The Kier molecular flexibility index (Phi) is 10.3. The maximum absolute atomic E-state index is 13.6. The Hall–Kier alpha value is -9.18. The van der Waals surface area contributed by atoms with Crippen LogP contribution in [0.3, 0.4) is 0 Å². The van der Waals surface area contributed by atoms with Crippen LogP contribution in [0.4, 0.5) is 17.6 Å². The Morgan fingerprint density at radius 1 is 0.373 bits per heavy atom. The smallest absolute Gasteiger partial charge is 0.177 e.